The zero-order valence-electron chi connectivity index (χ0n) is 20.6. The van der Waals surface area contributed by atoms with Crippen LogP contribution in [0.1, 0.15) is 143 Å². The van der Waals surface area contributed by atoms with E-state index >= 15 is 0 Å². The summed E-state index contributed by atoms with van der Waals surface area (Å²) in [5, 5.41) is 3.56. The van der Waals surface area contributed by atoms with Gasteiger partial charge in [0.1, 0.15) is 0 Å². The molecular weight excluding hydrogens is 350 g/mol. The molecule has 2 atom stereocenters. The van der Waals surface area contributed by atoms with Gasteiger partial charge in [-0.05, 0) is 57.5 Å². The summed E-state index contributed by atoms with van der Waals surface area (Å²) in [6, 6.07) is 0. The first-order chi connectivity index (χ1) is 14.3. The topological polar surface area (TPSA) is 12.0 Å². The Balaban J connectivity index is 1.90. The summed E-state index contributed by atoms with van der Waals surface area (Å²) in [4.78, 5) is 0. The van der Waals surface area contributed by atoms with Crippen LogP contribution in [0.5, 0.6) is 0 Å². The summed E-state index contributed by atoms with van der Waals surface area (Å²) in [5.41, 5.74) is 1.69. The highest BCUT2D eigenvalue weighted by Gasteiger charge is 2.24. The van der Waals surface area contributed by atoms with Crippen LogP contribution in [-0.2, 0) is 0 Å². The van der Waals surface area contributed by atoms with E-state index in [1.165, 1.54) is 135 Å². The van der Waals surface area contributed by atoms with Gasteiger partial charge in [0, 0.05) is 0 Å². The fourth-order valence-corrected chi connectivity index (χ4v) is 5.16. The summed E-state index contributed by atoms with van der Waals surface area (Å²) >= 11 is 0. The Hall–Kier alpha value is -0.300. The predicted octanol–water partition coefficient (Wildman–Crippen LogP) is 9.22. The Morgan fingerprint density at radius 3 is 1.72 bits per heavy atom. The fraction of sp³-hybridized carbons (Fsp3) is 0.929. The van der Waals surface area contributed by atoms with E-state index in [9.17, 15) is 0 Å². The van der Waals surface area contributed by atoms with Crippen molar-refractivity contribution in [2.45, 2.75) is 143 Å². The van der Waals surface area contributed by atoms with E-state index < -0.39 is 0 Å². The molecule has 1 heterocycles. The van der Waals surface area contributed by atoms with Gasteiger partial charge in [-0.15, -0.1) is 0 Å². The van der Waals surface area contributed by atoms with Crippen molar-refractivity contribution in [1.29, 1.82) is 0 Å². The Bertz CT molecular complexity index is 367. The minimum absolute atomic E-state index is 0.839. The van der Waals surface area contributed by atoms with Crippen LogP contribution in [0.4, 0.5) is 0 Å². The first kappa shape index (κ1) is 26.7. The molecule has 1 aliphatic heterocycles. The molecule has 1 fully saturated rings. The molecule has 0 bridgehead atoms. The Kier molecular flexibility index (Phi) is 18.1. The minimum atomic E-state index is 0.839. The fourth-order valence-electron chi connectivity index (χ4n) is 5.16. The lowest BCUT2D eigenvalue weighted by atomic mass is 9.82. The zero-order valence-corrected chi connectivity index (χ0v) is 20.6. The maximum absolute atomic E-state index is 3.56. The van der Waals surface area contributed by atoms with Crippen molar-refractivity contribution in [3.8, 4) is 0 Å². The van der Waals surface area contributed by atoms with Crippen molar-refractivity contribution >= 4 is 0 Å². The molecule has 1 heteroatoms. The van der Waals surface area contributed by atoms with Crippen molar-refractivity contribution < 1.29 is 0 Å². The molecule has 1 N–H and O–H groups in total. The van der Waals surface area contributed by atoms with Crippen LogP contribution in [0, 0.1) is 11.8 Å². The number of unbranched alkanes of at least 4 members (excludes halogenated alkanes) is 15. The molecule has 29 heavy (non-hydrogen) atoms. The van der Waals surface area contributed by atoms with Crippen LogP contribution in [0.15, 0.2) is 11.6 Å². The SMILES string of the molecule is CCCCCCCCCCCCCCCCCC=C(C)C(CCC)C1CCNC1. The number of hydrogen-bond acceptors (Lipinski definition) is 1. The van der Waals surface area contributed by atoms with Gasteiger partial charge < -0.3 is 5.32 Å². The summed E-state index contributed by atoms with van der Waals surface area (Å²) in [6.07, 6.45) is 29.8. The standard InChI is InChI=1S/C28H55N/c1-4-6-7-8-9-10-11-12-13-14-15-16-17-18-19-20-22-26(3)28(21-5-2)27-23-24-29-25-27/h22,27-29H,4-21,23-25H2,1-3H3. The molecule has 0 spiro atoms. The van der Waals surface area contributed by atoms with Gasteiger partial charge in [0.05, 0.1) is 0 Å². The van der Waals surface area contributed by atoms with E-state index in [1.807, 2.05) is 0 Å². The van der Waals surface area contributed by atoms with Gasteiger partial charge in [-0.2, -0.15) is 0 Å². The largest absolute Gasteiger partial charge is 0.316 e. The van der Waals surface area contributed by atoms with Crippen LogP contribution >= 0.6 is 0 Å². The minimum Gasteiger partial charge on any atom is -0.316 e. The molecule has 1 rings (SSSR count). The van der Waals surface area contributed by atoms with Crippen LogP contribution in [0.25, 0.3) is 0 Å². The number of hydrogen-bond donors (Lipinski definition) is 1. The highest BCUT2D eigenvalue weighted by molar-refractivity contribution is 5.06. The van der Waals surface area contributed by atoms with Crippen molar-refractivity contribution in [3.63, 3.8) is 0 Å². The van der Waals surface area contributed by atoms with Gasteiger partial charge in [0.25, 0.3) is 0 Å². The number of nitrogens with one attached hydrogen (secondary N) is 1. The molecule has 0 radical (unpaired) electrons. The molecule has 2 unspecified atom stereocenters. The second kappa shape index (κ2) is 19.7. The highest BCUT2D eigenvalue weighted by Crippen LogP contribution is 2.30. The molecule has 0 saturated carbocycles. The average Bonchev–Trinajstić information content (AvgIpc) is 3.26. The van der Waals surface area contributed by atoms with Crippen LogP contribution in [-0.4, -0.2) is 13.1 Å². The molecule has 1 saturated heterocycles. The van der Waals surface area contributed by atoms with Crippen LogP contribution in [0.2, 0.25) is 0 Å². The van der Waals surface area contributed by atoms with Crippen molar-refractivity contribution in [1.82, 2.24) is 5.32 Å². The smallest absolute Gasteiger partial charge is 0.00143 e. The molecule has 0 aliphatic carbocycles. The van der Waals surface area contributed by atoms with E-state index in [1.54, 1.807) is 5.57 Å². The summed E-state index contributed by atoms with van der Waals surface area (Å²) in [6.45, 7) is 9.53. The molecule has 172 valence electrons. The third kappa shape index (κ3) is 14.4. The quantitative estimate of drug-likeness (QED) is 0.157. The maximum Gasteiger partial charge on any atom is -0.00143 e. The summed E-state index contributed by atoms with van der Waals surface area (Å²) in [5.74, 6) is 1.73. The molecule has 0 amide bonds. The van der Waals surface area contributed by atoms with Crippen molar-refractivity contribution in [3.05, 3.63) is 11.6 Å². The lowest BCUT2D eigenvalue weighted by Gasteiger charge is -2.23. The van der Waals surface area contributed by atoms with E-state index in [2.05, 4.69) is 32.2 Å². The summed E-state index contributed by atoms with van der Waals surface area (Å²) < 4.78 is 0. The van der Waals surface area contributed by atoms with Crippen LogP contribution < -0.4 is 5.32 Å². The van der Waals surface area contributed by atoms with Gasteiger partial charge >= 0.3 is 0 Å². The van der Waals surface area contributed by atoms with Gasteiger partial charge in [0.15, 0.2) is 0 Å². The normalized spacial score (nSPS) is 18.4. The van der Waals surface area contributed by atoms with Crippen molar-refractivity contribution in [2.24, 2.45) is 11.8 Å². The molecule has 1 nitrogen and oxygen atoms in total. The molecule has 0 aromatic carbocycles. The Labute approximate surface area is 184 Å². The average molecular weight is 406 g/mol. The van der Waals surface area contributed by atoms with Crippen molar-refractivity contribution in [2.75, 3.05) is 13.1 Å². The molecule has 1 aliphatic rings. The lowest BCUT2D eigenvalue weighted by Crippen LogP contribution is -2.19. The lowest BCUT2D eigenvalue weighted by molar-refractivity contribution is 0.380. The second-order valence-electron chi connectivity index (χ2n) is 9.83. The maximum atomic E-state index is 3.56. The summed E-state index contributed by atoms with van der Waals surface area (Å²) in [7, 11) is 0. The van der Waals surface area contributed by atoms with Gasteiger partial charge in [-0.1, -0.05) is 122 Å². The Morgan fingerprint density at radius 2 is 1.28 bits per heavy atom. The van der Waals surface area contributed by atoms with Crippen LogP contribution in [0.3, 0.4) is 0 Å². The van der Waals surface area contributed by atoms with E-state index in [0.29, 0.717) is 0 Å². The second-order valence-corrected chi connectivity index (χ2v) is 9.83. The Morgan fingerprint density at radius 1 is 0.759 bits per heavy atom. The van der Waals surface area contributed by atoms with E-state index in [4.69, 9.17) is 0 Å². The van der Waals surface area contributed by atoms with E-state index in [-0.39, 0.29) is 0 Å². The zero-order chi connectivity index (χ0) is 21.0. The van der Waals surface area contributed by atoms with Gasteiger partial charge in [-0.25, -0.2) is 0 Å². The van der Waals surface area contributed by atoms with Gasteiger partial charge in [-0.3, -0.25) is 0 Å². The third-order valence-electron chi connectivity index (χ3n) is 7.13. The third-order valence-corrected chi connectivity index (χ3v) is 7.13. The number of allylic oxidation sites excluding steroid dienone is 2. The first-order valence-electron chi connectivity index (χ1n) is 13.7. The highest BCUT2D eigenvalue weighted by atomic mass is 14.9. The number of rotatable bonds is 20. The molecule has 0 aromatic heterocycles. The molecule has 0 aromatic rings. The molecular formula is C28H55N. The monoisotopic (exact) mass is 405 g/mol. The first-order valence-corrected chi connectivity index (χ1v) is 13.7. The predicted molar refractivity (Wildman–Crippen MR) is 133 cm³/mol. The van der Waals surface area contributed by atoms with E-state index in [0.717, 1.165) is 11.8 Å². The van der Waals surface area contributed by atoms with Gasteiger partial charge in [0.2, 0.25) is 0 Å².